The molecule has 0 N–H and O–H groups in total. The van der Waals surface area contributed by atoms with Crippen LogP contribution in [0, 0.1) is 18.3 Å². The van der Waals surface area contributed by atoms with Gasteiger partial charge in [-0.3, -0.25) is 14.2 Å². The maximum absolute atomic E-state index is 13.1. The Morgan fingerprint density at radius 1 is 1.00 bits per heavy atom. The zero-order valence-electron chi connectivity index (χ0n) is 17.6. The number of nitriles is 1. The number of benzene rings is 2. The number of pyridine rings is 1. The van der Waals surface area contributed by atoms with Crippen molar-refractivity contribution >= 4 is 5.78 Å². The molecule has 0 bridgehead atoms. The Morgan fingerprint density at radius 2 is 1.77 bits per heavy atom. The first-order chi connectivity index (χ1) is 15.0. The number of aryl methyl sites for hydroxylation is 1. The molecule has 0 spiro atoms. The number of Topliss-reactive ketones (excluding diaryl/α,β-unsaturated/α-hetero) is 1. The first-order valence-corrected chi connectivity index (χ1v) is 9.98. The summed E-state index contributed by atoms with van der Waals surface area (Å²) >= 11 is 0. The lowest BCUT2D eigenvalue weighted by molar-refractivity contribution is 0.0962. The molecule has 1 aliphatic carbocycles. The molecule has 0 amide bonds. The number of methoxy groups -OCH3 is 2. The van der Waals surface area contributed by atoms with Crippen LogP contribution in [0.4, 0.5) is 0 Å². The molecule has 31 heavy (non-hydrogen) atoms. The molecule has 3 aromatic rings. The van der Waals surface area contributed by atoms with E-state index in [-0.39, 0.29) is 17.3 Å². The van der Waals surface area contributed by atoms with Gasteiger partial charge in [-0.25, -0.2) is 0 Å². The fourth-order valence-corrected chi connectivity index (χ4v) is 4.20. The van der Waals surface area contributed by atoms with Crippen LogP contribution in [0.1, 0.15) is 45.1 Å². The summed E-state index contributed by atoms with van der Waals surface area (Å²) in [5.41, 5.74) is 3.20. The van der Waals surface area contributed by atoms with Crippen molar-refractivity contribution in [2.24, 2.45) is 0 Å². The van der Waals surface area contributed by atoms with Gasteiger partial charge in [0.05, 0.1) is 14.2 Å². The molecule has 4 rings (SSSR count). The summed E-state index contributed by atoms with van der Waals surface area (Å²) in [5, 5.41) is 9.47. The van der Waals surface area contributed by atoms with Crippen LogP contribution in [0.5, 0.6) is 11.5 Å². The zero-order chi connectivity index (χ0) is 22.1. The molecule has 1 aromatic heterocycles. The van der Waals surface area contributed by atoms with E-state index in [0.29, 0.717) is 41.3 Å². The molecule has 0 saturated heterocycles. The van der Waals surface area contributed by atoms with Crippen LogP contribution in [0.25, 0.3) is 5.69 Å². The Labute approximate surface area is 180 Å². The zero-order valence-corrected chi connectivity index (χ0v) is 17.6. The molecule has 6 heteroatoms. The van der Waals surface area contributed by atoms with Gasteiger partial charge in [0, 0.05) is 23.4 Å². The number of fused-ring (bicyclic) bond motifs is 1. The average molecular weight is 414 g/mol. The number of aromatic nitrogens is 1. The van der Waals surface area contributed by atoms with Gasteiger partial charge in [0.15, 0.2) is 17.3 Å². The summed E-state index contributed by atoms with van der Waals surface area (Å²) in [6, 6.07) is 16.5. The number of carbonyl (C=O) groups is 1. The highest BCUT2D eigenvalue weighted by atomic mass is 16.5. The molecular weight excluding hydrogens is 392 g/mol. The first-order valence-electron chi connectivity index (χ1n) is 9.98. The van der Waals surface area contributed by atoms with Crippen LogP contribution in [-0.4, -0.2) is 24.6 Å². The monoisotopic (exact) mass is 414 g/mol. The third-order valence-corrected chi connectivity index (χ3v) is 5.73. The van der Waals surface area contributed by atoms with Gasteiger partial charge >= 0.3 is 0 Å². The molecule has 1 atom stereocenters. The minimum Gasteiger partial charge on any atom is -0.493 e. The maximum atomic E-state index is 13.1. The number of ketones is 1. The maximum Gasteiger partial charge on any atom is 0.273 e. The van der Waals surface area contributed by atoms with Crippen molar-refractivity contribution in [3.63, 3.8) is 0 Å². The van der Waals surface area contributed by atoms with Crippen LogP contribution in [0.2, 0.25) is 0 Å². The number of carbonyl (C=O) groups excluding carboxylic acids is 1. The molecule has 6 nitrogen and oxygen atoms in total. The van der Waals surface area contributed by atoms with E-state index in [1.165, 1.54) is 10.6 Å². The van der Waals surface area contributed by atoms with Gasteiger partial charge in [0.2, 0.25) is 0 Å². The second-order valence-corrected chi connectivity index (χ2v) is 7.65. The molecular formula is C25H22N2O4. The summed E-state index contributed by atoms with van der Waals surface area (Å²) < 4.78 is 12.3. The van der Waals surface area contributed by atoms with E-state index < -0.39 is 5.56 Å². The largest absolute Gasteiger partial charge is 0.493 e. The van der Waals surface area contributed by atoms with Gasteiger partial charge < -0.3 is 9.47 Å². The smallest absolute Gasteiger partial charge is 0.273 e. The molecule has 0 aliphatic heterocycles. The van der Waals surface area contributed by atoms with Crippen LogP contribution >= 0.6 is 0 Å². The number of rotatable bonds is 4. The van der Waals surface area contributed by atoms with Gasteiger partial charge in [0.25, 0.3) is 5.56 Å². The van der Waals surface area contributed by atoms with Crippen LogP contribution in [0.3, 0.4) is 0 Å². The average Bonchev–Trinajstić information content (AvgIpc) is 2.78. The molecule has 0 fully saturated rings. The van der Waals surface area contributed by atoms with Crippen molar-refractivity contribution in [3.05, 3.63) is 86.8 Å². The van der Waals surface area contributed by atoms with E-state index in [4.69, 9.17) is 9.47 Å². The van der Waals surface area contributed by atoms with Crippen LogP contribution < -0.4 is 15.0 Å². The molecule has 1 heterocycles. The Morgan fingerprint density at radius 3 is 2.45 bits per heavy atom. The van der Waals surface area contributed by atoms with Crippen molar-refractivity contribution in [1.82, 2.24) is 4.57 Å². The lowest BCUT2D eigenvalue weighted by atomic mass is 9.81. The van der Waals surface area contributed by atoms with Gasteiger partial charge in [-0.2, -0.15) is 5.26 Å². The van der Waals surface area contributed by atoms with E-state index >= 15 is 0 Å². The molecule has 2 aromatic carbocycles. The number of nitrogens with zero attached hydrogens (tertiary/aromatic N) is 2. The lowest BCUT2D eigenvalue weighted by Gasteiger charge is -2.27. The highest BCUT2D eigenvalue weighted by Crippen LogP contribution is 2.37. The summed E-state index contributed by atoms with van der Waals surface area (Å²) in [6.07, 6.45) is 0.783. The van der Waals surface area contributed by atoms with Gasteiger partial charge in [0.1, 0.15) is 11.6 Å². The second-order valence-electron chi connectivity index (χ2n) is 7.65. The van der Waals surface area contributed by atoms with E-state index in [1.807, 2.05) is 55.5 Å². The summed E-state index contributed by atoms with van der Waals surface area (Å²) in [4.78, 5) is 26.2. The number of hydrogen-bond acceptors (Lipinski definition) is 5. The van der Waals surface area contributed by atoms with Crippen molar-refractivity contribution in [2.45, 2.75) is 25.7 Å². The molecule has 156 valence electrons. The molecule has 0 radical (unpaired) electrons. The van der Waals surface area contributed by atoms with Crippen molar-refractivity contribution < 1.29 is 14.3 Å². The third kappa shape index (κ3) is 3.59. The van der Waals surface area contributed by atoms with E-state index in [0.717, 1.165) is 11.1 Å². The van der Waals surface area contributed by atoms with Gasteiger partial charge in [-0.05, 0) is 60.7 Å². The Hall–Kier alpha value is -3.85. The summed E-state index contributed by atoms with van der Waals surface area (Å²) in [6.45, 7) is 1.94. The molecule has 0 unspecified atom stereocenters. The highest BCUT2D eigenvalue weighted by molar-refractivity contribution is 5.99. The second kappa shape index (κ2) is 8.11. The minimum absolute atomic E-state index is 0.0295. The number of hydrogen-bond donors (Lipinski definition) is 0. The molecule has 0 saturated carbocycles. The van der Waals surface area contributed by atoms with Crippen molar-refractivity contribution in [1.29, 1.82) is 5.26 Å². The first kappa shape index (κ1) is 20.4. The van der Waals surface area contributed by atoms with Crippen molar-refractivity contribution in [3.8, 4) is 23.3 Å². The van der Waals surface area contributed by atoms with Gasteiger partial charge in [-0.1, -0.05) is 18.2 Å². The third-order valence-electron chi connectivity index (χ3n) is 5.73. The fourth-order valence-electron chi connectivity index (χ4n) is 4.20. The van der Waals surface area contributed by atoms with Crippen LogP contribution in [0.15, 0.2) is 53.3 Å². The Kier molecular flexibility index (Phi) is 5.35. The lowest BCUT2D eigenvalue weighted by Crippen LogP contribution is -2.31. The Bertz CT molecular complexity index is 1280. The van der Waals surface area contributed by atoms with Gasteiger partial charge in [-0.15, -0.1) is 0 Å². The van der Waals surface area contributed by atoms with Crippen molar-refractivity contribution in [2.75, 3.05) is 14.2 Å². The minimum atomic E-state index is -0.410. The SMILES string of the molecule is COc1ccc([C@@H]2CC(=O)c3cc(C#N)c(=O)n(-c4cccc(C)c4)c3C2)cc1OC. The number of ether oxygens (including phenoxy) is 2. The standard InChI is InChI=1S/C25H22N2O4/c1-15-5-4-6-19(9-15)27-21-11-17(16-7-8-23(30-2)24(13-16)31-3)12-22(28)20(21)10-18(14-26)25(27)29/h4-10,13,17H,11-12H2,1-3H3/t17-/m0/s1. The molecule has 1 aliphatic rings. The fraction of sp³-hybridized carbons (Fsp3) is 0.240. The normalized spacial score (nSPS) is 15.2. The predicted molar refractivity (Wildman–Crippen MR) is 116 cm³/mol. The van der Waals surface area contributed by atoms with Crippen LogP contribution in [-0.2, 0) is 6.42 Å². The van der Waals surface area contributed by atoms with E-state index in [1.54, 1.807) is 14.2 Å². The highest BCUT2D eigenvalue weighted by Gasteiger charge is 2.31. The van der Waals surface area contributed by atoms with E-state index in [9.17, 15) is 14.9 Å². The topological polar surface area (TPSA) is 81.3 Å². The summed E-state index contributed by atoms with van der Waals surface area (Å²) in [5.74, 6) is 1.00. The summed E-state index contributed by atoms with van der Waals surface area (Å²) in [7, 11) is 3.15. The van der Waals surface area contributed by atoms with E-state index in [2.05, 4.69) is 0 Å². The predicted octanol–water partition coefficient (Wildman–Crippen LogP) is 3.95. The quantitative estimate of drug-likeness (QED) is 0.646. The Balaban J connectivity index is 1.89.